The minimum Gasteiger partial charge on any atom is -0.324 e. The first-order valence-electron chi connectivity index (χ1n) is 7.54. The summed E-state index contributed by atoms with van der Waals surface area (Å²) in [5, 5.41) is 3.37. The van der Waals surface area contributed by atoms with Crippen molar-refractivity contribution in [3.05, 3.63) is 58.6 Å². The number of nitrogens with zero attached hydrogens (tertiary/aromatic N) is 1. The third kappa shape index (κ3) is 4.87. The van der Waals surface area contributed by atoms with E-state index in [0.717, 1.165) is 10.6 Å². The highest BCUT2D eigenvalue weighted by molar-refractivity contribution is 7.92. The van der Waals surface area contributed by atoms with Gasteiger partial charge in [-0.25, -0.2) is 8.42 Å². The van der Waals surface area contributed by atoms with E-state index in [1.54, 1.807) is 49.4 Å². The van der Waals surface area contributed by atoms with E-state index >= 15 is 0 Å². The first-order valence-corrected chi connectivity index (χ1v) is 10.1. The Labute approximate surface area is 157 Å². The summed E-state index contributed by atoms with van der Waals surface area (Å²) < 4.78 is 25.7. The third-order valence-electron chi connectivity index (χ3n) is 3.53. The topological polar surface area (TPSA) is 66.5 Å². The van der Waals surface area contributed by atoms with Crippen LogP contribution < -0.4 is 9.62 Å². The number of anilines is 2. The Morgan fingerprint density at radius 3 is 2.28 bits per heavy atom. The van der Waals surface area contributed by atoms with Crippen LogP contribution in [0.2, 0.25) is 10.0 Å². The number of nitrogens with one attached hydrogen (secondary N) is 1. The van der Waals surface area contributed by atoms with Gasteiger partial charge >= 0.3 is 0 Å². The smallest absolute Gasteiger partial charge is 0.248 e. The van der Waals surface area contributed by atoms with Crippen molar-refractivity contribution in [2.45, 2.75) is 19.4 Å². The highest BCUT2D eigenvalue weighted by Crippen LogP contribution is 2.26. The SMILES string of the molecule is CCC(C(=O)Nc1ccc(Cl)c(Cl)c1)N(c1ccccc1)S(C)(=O)=O. The van der Waals surface area contributed by atoms with Gasteiger partial charge in [-0.2, -0.15) is 0 Å². The Kier molecular flexibility index (Phi) is 6.32. The van der Waals surface area contributed by atoms with Crippen molar-refractivity contribution >= 4 is 50.5 Å². The molecule has 0 spiro atoms. The maximum absolute atomic E-state index is 12.7. The fourth-order valence-corrected chi connectivity index (χ4v) is 3.94. The van der Waals surface area contributed by atoms with Crippen LogP contribution in [0.15, 0.2) is 48.5 Å². The van der Waals surface area contributed by atoms with E-state index in [0.29, 0.717) is 27.8 Å². The fraction of sp³-hybridized carbons (Fsp3) is 0.235. The van der Waals surface area contributed by atoms with Gasteiger partial charge in [0.25, 0.3) is 0 Å². The molecule has 8 heteroatoms. The monoisotopic (exact) mass is 400 g/mol. The number of rotatable bonds is 6. The van der Waals surface area contributed by atoms with E-state index in [1.807, 2.05) is 0 Å². The van der Waals surface area contributed by atoms with Gasteiger partial charge in [-0.15, -0.1) is 0 Å². The van der Waals surface area contributed by atoms with Gasteiger partial charge in [-0.05, 0) is 36.8 Å². The molecule has 0 aliphatic rings. The van der Waals surface area contributed by atoms with Gasteiger partial charge in [0.15, 0.2) is 0 Å². The van der Waals surface area contributed by atoms with Crippen molar-refractivity contribution in [1.29, 1.82) is 0 Å². The summed E-state index contributed by atoms with van der Waals surface area (Å²) in [4.78, 5) is 12.7. The summed E-state index contributed by atoms with van der Waals surface area (Å²) >= 11 is 11.8. The molecule has 1 N–H and O–H groups in total. The molecule has 0 bridgehead atoms. The quantitative estimate of drug-likeness (QED) is 0.790. The predicted molar refractivity (Wildman–Crippen MR) is 103 cm³/mol. The van der Waals surface area contributed by atoms with Crippen molar-refractivity contribution < 1.29 is 13.2 Å². The molecule has 2 aromatic rings. The van der Waals surface area contributed by atoms with Crippen molar-refractivity contribution in [2.75, 3.05) is 15.9 Å². The zero-order valence-electron chi connectivity index (χ0n) is 13.7. The Hall–Kier alpha value is -1.76. The zero-order valence-corrected chi connectivity index (χ0v) is 16.1. The molecule has 0 radical (unpaired) electrons. The largest absolute Gasteiger partial charge is 0.324 e. The average molecular weight is 401 g/mol. The molecule has 0 fully saturated rings. The van der Waals surface area contributed by atoms with Crippen LogP contribution in [0.3, 0.4) is 0 Å². The number of carbonyl (C=O) groups excluding carboxylic acids is 1. The zero-order chi connectivity index (χ0) is 18.6. The first-order chi connectivity index (χ1) is 11.7. The minimum atomic E-state index is -3.66. The molecule has 0 aliphatic heterocycles. The van der Waals surface area contributed by atoms with E-state index in [2.05, 4.69) is 5.32 Å². The number of hydrogen-bond donors (Lipinski definition) is 1. The second-order valence-corrected chi connectivity index (χ2v) is 8.11. The number of hydrogen-bond acceptors (Lipinski definition) is 3. The molecular formula is C17H18Cl2N2O3S. The van der Waals surface area contributed by atoms with Crippen LogP contribution in [0.5, 0.6) is 0 Å². The van der Waals surface area contributed by atoms with E-state index in [9.17, 15) is 13.2 Å². The normalized spacial score (nSPS) is 12.5. The summed E-state index contributed by atoms with van der Waals surface area (Å²) in [5.74, 6) is -0.449. The van der Waals surface area contributed by atoms with Gasteiger partial charge < -0.3 is 5.32 Å². The number of sulfonamides is 1. The third-order valence-corrected chi connectivity index (χ3v) is 5.45. The molecule has 25 heavy (non-hydrogen) atoms. The minimum absolute atomic E-state index is 0.301. The number of benzene rings is 2. The molecule has 0 saturated carbocycles. The van der Waals surface area contributed by atoms with E-state index in [4.69, 9.17) is 23.2 Å². The molecule has 1 unspecified atom stereocenters. The molecule has 134 valence electrons. The van der Waals surface area contributed by atoms with Crippen molar-refractivity contribution in [3.63, 3.8) is 0 Å². The van der Waals surface area contributed by atoms with Crippen LogP contribution in [0.4, 0.5) is 11.4 Å². The standard InChI is InChI=1S/C17H18Cl2N2O3S/c1-3-16(17(22)20-12-9-10-14(18)15(19)11-12)21(25(2,23)24)13-7-5-4-6-8-13/h4-11,16H,3H2,1-2H3,(H,20,22). The van der Waals surface area contributed by atoms with Gasteiger partial charge in [0.05, 0.1) is 22.0 Å². The van der Waals surface area contributed by atoms with E-state index in [1.165, 1.54) is 6.07 Å². The van der Waals surface area contributed by atoms with Gasteiger partial charge in [0.2, 0.25) is 15.9 Å². The van der Waals surface area contributed by atoms with Gasteiger partial charge in [-0.1, -0.05) is 48.3 Å². The molecule has 5 nitrogen and oxygen atoms in total. The molecule has 0 saturated heterocycles. The lowest BCUT2D eigenvalue weighted by Crippen LogP contribution is -2.46. The van der Waals surface area contributed by atoms with E-state index < -0.39 is 22.0 Å². The Balaban J connectivity index is 2.34. The lowest BCUT2D eigenvalue weighted by molar-refractivity contribution is -0.117. The molecular weight excluding hydrogens is 383 g/mol. The van der Waals surface area contributed by atoms with Crippen LogP contribution in [0.1, 0.15) is 13.3 Å². The number of amides is 1. The van der Waals surface area contributed by atoms with Crippen molar-refractivity contribution in [1.82, 2.24) is 0 Å². The lowest BCUT2D eigenvalue weighted by Gasteiger charge is -2.30. The van der Waals surface area contributed by atoms with Crippen LogP contribution in [-0.4, -0.2) is 26.6 Å². The first kappa shape index (κ1) is 19.6. The Morgan fingerprint density at radius 1 is 1.12 bits per heavy atom. The van der Waals surface area contributed by atoms with Gasteiger partial charge in [0.1, 0.15) is 6.04 Å². The number of halogens is 2. The Bertz CT molecular complexity index is 857. The lowest BCUT2D eigenvalue weighted by atomic mass is 10.2. The molecule has 1 atom stereocenters. The maximum atomic E-state index is 12.7. The highest BCUT2D eigenvalue weighted by Gasteiger charge is 2.31. The summed E-state index contributed by atoms with van der Waals surface area (Å²) in [6.45, 7) is 1.75. The Morgan fingerprint density at radius 2 is 1.76 bits per heavy atom. The molecule has 2 aromatic carbocycles. The summed E-state index contributed by atoms with van der Waals surface area (Å²) in [7, 11) is -3.66. The second-order valence-electron chi connectivity index (χ2n) is 5.44. The molecule has 1 amide bonds. The van der Waals surface area contributed by atoms with Gasteiger partial charge in [-0.3, -0.25) is 9.10 Å². The average Bonchev–Trinajstić information content (AvgIpc) is 2.55. The van der Waals surface area contributed by atoms with Crippen LogP contribution >= 0.6 is 23.2 Å². The molecule has 2 rings (SSSR count). The van der Waals surface area contributed by atoms with Crippen molar-refractivity contribution in [3.8, 4) is 0 Å². The van der Waals surface area contributed by atoms with Crippen LogP contribution in [-0.2, 0) is 14.8 Å². The number of para-hydroxylation sites is 1. The van der Waals surface area contributed by atoms with Gasteiger partial charge in [0, 0.05) is 5.69 Å². The number of carbonyl (C=O) groups is 1. The summed E-state index contributed by atoms with van der Waals surface area (Å²) in [5.41, 5.74) is 0.875. The second kappa shape index (κ2) is 8.08. The van der Waals surface area contributed by atoms with Crippen LogP contribution in [0, 0.1) is 0 Å². The fourth-order valence-electron chi connectivity index (χ4n) is 2.43. The predicted octanol–water partition coefficient (Wildman–Crippen LogP) is 4.18. The summed E-state index contributed by atoms with van der Waals surface area (Å²) in [6, 6.07) is 12.3. The van der Waals surface area contributed by atoms with Crippen molar-refractivity contribution in [2.24, 2.45) is 0 Å². The van der Waals surface area contributed by atoms with E-state index in [-0.39, 0.29) is 0 Å². The summed E-state index contributed by atoms with van der Waals surface area (Å²) in [6.07, 6.45) is 1.38. The molecule has 0 heterocycles. The molecule has 0 aromatic heterocycles. The molecule has 0 aliphatic carbocycles. The highest BCUT2D eigenvalue weighted by atomic mass is 35.5. The van der Waals surface area contributed by atoms with Crippen LogP contribution in [0.25, 0.3) is 0 Å². The maximum Gasteiger partial charge on any atom is 0.248 e.